The molecule has 1 aromatic rings. The van der Waals surface area contributed by atoms with Crippen molar-refractivity contribution in [2.24, 2.45) is 0 Å². The Kier molecular flexibility index (Phi) is 6.87. The van der Waals surface area contributed by atoms with E-state index < -0.39 is 8.80 Å². The lowest BCUT2D eigenvalue weighted by atomic mass is 10.2. The van der Waals surface area contributed by atoms with E-state index >= 15 is 0 Å². The molecule has 5 heteroatoms. The van der Waals surface area contributed by atoms with Gasteiger partial charge in [0.25, 0.3) is 0 Å². The second-order valence-electron chi connectivity index (χ2n) is 5.59. The van der Waals surface area contributed by atoms with Crippen LogP contribution in [0.3, 0.4) is 0 Å². The van der Waals surface area contributed by atoms with E-state index in [-0.39, 0.29) is 5.60 Å². The molecule has 1 rings (SSSR count). The Morgan fingerprint density at radius 1 is 0.810 bits per heavy atom. The largest absolute Gasteiger partial charge is 0.537 e. The molecule has 0 N–H and O–H groups in total. The van der Waals surface area contributed by atoms with Crippen molar-refractivity contribution >= 4 is 14.0 Å². The summed E-state index contributed by atoms with van der Waals surface area (Å²) in [7, 11) is -2.81. The van der Waals surface area contributed by atoms with Crippen molar-refractivity contribution < 1.29 is 18.0 Å². The molecule has 0 saturated heterocycles. The van der Waals surface area contributed by atoms with Gasteiger partial charge in [-0.25, -0.2) is 0 Å². The highest BCUT2D eigenvalue weighted by atomic mass is 28.4. The van der Waals surface area contributed by atoms with Gasteiger partial charge in [-0.1, -0.05) is 12.1 Å². The van der Waals surface area contributed by atoms with Gasteiger partial charge in [0.15, 0.2) is 0 Å². The molecular formula is C16H28O4Si. The van der Waals surface area contributed by atoms with Gasteiger partial charge in [0.05, 0.1) is 0 Å². The molecule has 0 saturated carbocycles. The Bertz CT molecular complexity index is 394. The van der Waals surface area contributed by atoms with E-state index in [2.05, 4.69) is 0 Å². The first-order chi connectivity index (χ1) is 9.87. The minimum Gasteiger partial charge on any atom is -0.488 e. The molecule has 0 spiro atoms. The summed E-state index contributed by atoms with van der Waals surface area (Å²) in [5.41, 5.74) is -0.213. The van der Waals surface area contributed by atoms with Crippen molar-refractivity contribution in [3.05, 3.63) is 24.3 Å². The topological polar surface area (TPSA) is 36.9 Å². The predicted octanol–water partition coefficient (Wildman–Crippen LogP) is 3.12. The predicted molar refractivity (Wildman–Crippen MR) is 87.1 cm³/mol. The average molecular weight is 312 g/mol. The van der Waals surface area contributed by atoms with Crippen molar-refractivity contribution in [3.63, 3.8) is 0 Å². The van der Waals surface area contributed by atoms with Gasteiger partial charge in [-0.2, -0.15) is 0 Å². The van der Waals surface area contributed by atoms with Crippen LogP contribution in [0.25, 0.3) is 0 Å². The maximum atomic E-state index is 5.89. The maximum Gasteiger partial charge on any atom is 0.537 e. The van der Waals surface area contributed by atoms with Crippen molar-refractivity contribution in [1.82, 2.24) is 0 Å². The highest BCUT2D eigenvalue weighted by molar-refractivity contribution is 6.75. The van der Waals surface area contributed by atoms with Crippen molar-refractivity contribution in [1.29, 1.82) is 0 Å². The van der Waals surface area contributed by atoms with E-state index in [1.54, 1.807) is 0 Å². The van der Waals surface area contributed by atoms with E-state index in [9.17, 15) is 0 Å². The van der Waals surface area contributed by atoms with Crippen LogP contribution in [0.2, 0.25) is 0 Å². The Morgan fingerprint density at radius 2 is 1.24 bits per heavy atom. The molecule has 1 aromatic carbocycles. The molecule has 0 aromatic heterocycles. The monoisotopic (exact) mass is 312 g/mol. The fraction of sp³-hybridized carbons (Fsp3) is 0.625. The van der Waals surface area contributed by atoms with Crippen molar-refractivity contribution in [2.75, 3.05) is 19.8 Å². The first-order valence-electron chi connectivity index (χ1n) is 7.58. The Hall–Kier alpha value is -0.883. The van der Waals surface area contributed by atoms with Gasteiger partial charge in [0.1, 0.15) is 11.4 Å². The summed E-state index contributed by atoms with van der Waals surface area (Å²) < 4.78 is 23.5. The van der Waals surface area contributed by atoms with Crippen molar-refractivity contribution in [2.45, 2.75) is 47.1 Å². The quantitative estimate of drug-likeness (QED) is 0.691. The number of rotatable bonds is 8. The number of ether oxygens (including phenoxy) is 1. The van der Waals surface area contributed by atoms with Crippen LogP contribution in [-0.4, -0.2) is 34.2 Å². The molecule has 120 valence electrons. The van der Waals surface area contributed by atoms with Crippen LogP contribution in [0.4, 0.5) is 0 Å². The molecule has 4 nitrogen and oxygen atoms in total. The zero-order valence-electron chi connectivity index (χ0n) is 14.1. The second-order valence-corrected chi connectivity index (χ2v) is 8.15. The summed E-state index contributed by atoms with van der Waals surface area (Å²) in [6.45, 7) is 13.6. The summed E-state index contributed by atoms with van der Waals surface area (Å²) in [5, 5.41) is 0.967. The zero-order chi connectivity index (χ0) is 15.9. The van der Waals surface area contributed by atoms with Gasteiger partial charge in [0.2, 0.25) is 0 Å². The summed E-state index contributed by atoms with van der Waals surface area (Å²) in [6, 6.07) is 7.85. The fourth-order valence-electron chi connectivity index (χ4n) is 2.03. The molecule has 0 bridgehead atoms. The molecule has 0 unspecified atom stereocenters. The summed E-state index contributed by atoms with van der Waals surface area (Å²) in [5.74, 6) is 0.832. The smallest absolute Gasteiger partial charge is 0.488 e. The molecule has 0 amide bonds. The van der Waals surface area contributed by atoms with Gasteiger partial charge < -0.3 is 18.0 Å². The third-order valence-electron chi connectivity index (χ3n) is 2.63. The Balaban J connectivity index is 3.02. The molecule has 0 aliphatic rings. The molecule has 0 heterocycles. The lowest BCUT2D eigenvalue weighted by molar-refractivity contribution is 0.0859. The fourth-order valence-corrected chi connectivity index (χ4v) is 4.49. The van der Waals surface area contributed by atoms with E-state index in [0.29, 0.717) is 19.8 Å². The lowest BCUT2D eigenvalue weighted by Gasteiger charge is -2.29. The van der Waals surface area contributed by atoms with Crippen molar-refractivity contribution in [3.8, 4) is 5.75 Å². The van der Waals surface area contributed by atoms with E-state index in [1.165, 1.54) is 0 Å². The molecular weight excluding hydrogens is 284 g/mol. The van der Waals surface area contributed by atoms with Crippen LogP contribution in [0.15, 0.2) is 24.3 Å². The molecule has 0 atom stereocenters. The average Bonchev–Trinajstić information content (AvgIpc) is 2.38. The standard InChI is InChI=1S/C16H28O4Si/c1-7-17-21(18-8-2,19-9-3)15-12-10-14(11-13-15)20-16(4,5)6/h10-13H,7-9H2,1-6H3. The van der Waals surface area contributed by atoms with E-state index in [0.717, 1.165) is 10.9 Å². The number of hydrogen-bond donors (Lipinski definition) is 0. The minimum atomic E-state index is -2.81. The highest BCUT2D eigenvalue weighted by Gasteiger charge is 2.43. The normalized spacial score (nSPS) is 12.5. The summed E-state index contributed by atoms with van der Waals surface area (Å²) in [4.78, 5) is 0. The molecule has 0 aliphatic heterocycles. The second kappa shape index (κ2) is 7.94. The third kappa shape index (κ3) is 5.43. The SMILES string of the molecule is CCO[Si](OCC)(OCC)c1ccc(OC(C)(C)C)cc1. The van der Waals surface area contributed by atoms with Gasteiger partial charge in [-0.15, -0.1) is 0 Å². The molecule has 0 fully saturated rings. The van der Waals surface area contributed by atoms with Gasteiger partial charge in [0, 0.05) is 25.0 Å². The number of benzene rings is 1. The first-order valence-corrected chi connectivity index (χ1v) is 9.30. The van der Waals surface area contributed by atoms with Gasteiger partial charge in [-0.05, 0) is 53.7 Å². The minimum absolute atomic E-state index is 0.213. The third-order valence-corrected chi connectivity index (χ3v) is 5.68. The van der Waals surface area contributed by atoms with Crippen LogP contribution in [0.5, 0.6) is 5.75 Å². The van der Waals surface area contributed by atoms with Crippen LogP contribution in [0, 0.1) is 0 Å². The van der Waals surface area contributed by atoms with E-state index in [4.69, 9.17) is 18.0 Å². The van der Waals surface area contributed by atoms with Crippen LogP contribution < -0.4 is 9.92 Å². The van der Waals surface area contributed by atoms with Gasteiger partial charge >= 0.3 is 8.80 Å². The summed E-state index contributed by atoms with van der Waals surface area (Å²) >= 11 is 0. The Labute approximate surface area is 129 Å². The molecule has 0 radical (unpaired) electrons. The Morgan fingerprint density at radius 3 is 1.57 bits per heavy atom. The zero-order valence-corrected chi connectivity index (χ0v) is 15.1. The lowest BCUT2D eigenvalue weighted by Crippen LogP contribution is -2.56. The number of hydrogen-bond acceptors (Lipinski definition) is 4. The van der Waals surface area contributed by atoms with E-state index in [1.807, 2.05) is 65.8 Å². The molecule has 0 aliphatic carbocycles. The molecule has 21 heavy (non-hydrogen) atoms. The summed E-state index contributed by atoms with van der Waals surface area (Å²) in [6.07, 6.45) is 0. The highest BCUT2D eigenvalue weighted by Crippen LogP contribution is 2.18. The van der Waals surface area contributed by atoms with Crippen LogP contribution >= 0.6 is 0 Å². The maximum absolute atomic E-state index is 5.89. The van der Waals surface area contributed by atoms with Crippen LogP contribution in [0.1, 0.15) is 41.5 Å². The van der Waals surface area contributed by atoms with Crippen LogP contribution in [-0.2, 0) is 13.3 Å². The van der Waals surface area contributed by atoms with Gasteiger partial charge in [-0.3, -0.25) is 0 Å². The first kappa shape index (κ1) is 18.2.